The summed E-state index contributed by atoms with van der Waals surface area (Å²) < 4.78 is 31.8. The highest BCUT2D eigenvalue weighted by molar-refractivity contribution is 7.89. The van der Waals surface area contributed by atoms with E-state index in [1.807, 2.05) is 23.1 Å². The summed E-state index contributed by atoms with van der Waals surface area (Å²) >= 11 is 0. The van der Waals surface area contributed by atoms with Gasteiger partial charge < -0.3 is 15.8 Å². The highest BCUT2D eigenvalue weighted by Crippen LogP contribution is 2.26. The van der Waals surface area contributed by atoms with Gasteiger partial charge in [-0.2, -0.15) is 0 Å². The molecule has 1 unspecified atom stereocenters. The zero-order valence-electron chi connectivity index (χ0n) is 17.4. The fraction of sp³-hybridized carbons (Fsp3) is 0.333. The Bertz CT molecular complexity index is 1090. The number of amides is 2. The molecule has 4 N–H and O–H groups in total. The molecule has 2 aromatic carbocycles. The number of hydrogen-bond acceptors (Lipinski definition) is 6. The summed E-state index contributed by atoms with van der Waals surface area (Å²) in [5.41, 5.74) is 7.15. The number of primary amides is 1. The number of nitrogens with one attached hydrogen (secondary N) is 2. The summed E-state index contributed by atoms with van der Waals surface area (Å²) in [6.07, 6.45) is 1.67. The van der Waals surface area contributed by atoms with Gasteiger partial charge in [-0.1, -0.05) is 12.1 Å². The van der Waals surface area contributed by atoms with Crippen LogP contribution in [0.5, 0.6) is 5.75 Å². The predicted octanol–water partition coefficient (Wildman–Crippen LogP) is 1.31. The molecule has 31 heavy (non-hydrogen) atoms. The lowest BCUT2D eigenvalue weighted by atomic mass is 10.1. The second-order valence-electron chi connectivity index (χ2n) is 7.26. The Labute approximate surface area is 181 Å². The van der Waals surface area contributed by atoms with Crippen LogP contribution in [0.25, 0.3) is 0 Å². The van der Waals surface area contributed by atoms with E-state index in [9.17, 15) is 18.0 Å². The van der Waals surface area contributed by atoms with E-state index in [2.05, 4.69) is 10.0 Å². The largest absolute Gasteiger partial charge is 0.495 e. The molecule has 9 nitrogen and oxygen atoms in total. The minimum Gasteiger partial charge on any atom is -0.495 e. The molecule has 1 heterocycles. The van der Waals surface area contributed by atoms with Gasteiger partial charge in [-0.15, -0.1) is 0 Å². The van der Waals surface area contributed by atoms with E-state index in [4.69, 9.17) is 10.5 Å². The number of carbonyl (C=O) groups is 2. The van der Waals surface area contributed by atoms with Crippen LogP contribution < -0.4 is 20.5 Å². The average Bonchev–Trinajstić information content (AvgIpc) is 3.22. The fourth-order valence-corrected chi connectivity index (χ4v) is 4.58. The third kappa shape index (κ3) is 5.22. The number of benzene rings is 2. The van der Waals surface area contributed by atoms with Crippen molar-refractivity contribution in [1.82, 2.24) is 9.62 Å². The van der Waals surface area contributed by atoms with E-state index in [-0.39, 0.29) is 28.2 Å². The van der Waals surface area contributed by atoms with Crippen LogP contribution in [0, 0.1) is 0 Å². The average molecular weight is 447 g/mol. The fourth-order valence-electron chi connectivity index (χ4n) is 3.66. The Morgan fingerprint density at radius 2 is 2.00 bits per heavy atom. The van der Waals surface area contributed by atoms with Gasteiger partial charge in [0.15, 0.2) is 0 Å². The Balaban J connectivity index is 1.78. The second-order valence-corrected chi connectivity index (χ2v) is 9.11. The zero-order chi connectivity index (χ0) is 22.6. The van der Waals surface area contributed by atoms with Gasteiger partial charge in [-0.3, -0.25) is 14.5 Å². The number of rotatable bonds is 8. The van der Waals surface area contributed by atoms with Crippen molar-refractivity contribution in [3.63, 3.8) is 0 Å². The molecule has 0 saturated carbocycles. The molecule has 0 bridgehead atoms. The summed E-state index contributed by atoms with van der Waals surface area (Å²) in [6.45, 7) is 1.34. The molecule has 10 heteroatoms. The summed E-state index contributed by atoms with van der Waals surface area (Å²) in [7, 11) is -1.15. The van der Waals surface area contributed by atoms with Gasteiger partial charge in [0.25, 0.3) is 5.91 Å². The number of anilines is 1. The standard InChI is InChI=1S/C21H26N4O5S/c1-23-31(28,29)19-12-15(8-9-18(19)30-2)21(27)24-16-6-3-5-14(11-16)13-25-10-4-7-17(25)20(22)26/h3,5-6,8-9,11-12,17,23H,4,7,10,13H2,1-2H3,(H2,22,26)(H,24,27). The minimum absolute atomic E-state index is 0.120. The normalized spacial score (nSPS) is 16.8. The molecule has 2 amide bonds. The Morgan fingerprint density at radius 1 is 1.23 bits per heavy atom. The lowest BCUT2D eigenvalue weighted by Gasteiger charge is -2.22. The van der Waals surface area contributed by atoms with Crippen LogP contribution >= 0.6 is 0 Å². The first-order valence-corrected chi connectivity index (χ1v) is 11.3. The molecule has 1 fully saturated rings. The molecular formula is C21H26N4O5S. The van der Waals surface area contributed by atoms with Crippen LogP contribution in [-0.2, 0) is 21.4 Å². The van der Waals surface area contributed by atoms with Crippen molar-refractivity contribution in [3.8, 4) is 5.75 Å². The van der Waals surface area contributed by atoms with Crippen molar-refractivity contribution in [2.75, 3.05) is 26.0 Å². The number of carbonyl (C=O) groups excluding carboxylic acids is 2. The van der Waals surface area contributed by atoms with Crippen LogP contribution in [-0.4, -0.2) is 51.9 Å². The van der Waals surface area contributed by atoms with Crippen molar-refractivity contribution in [2.24, 2.45) is 5.73 Å². The predicted molar refractivity (Wildman–Crippen MR) is 116 cm³/mol. The maximum atomic E-state index is 12.7. The van der Waals surface area contributed by atoms with Crippen molar-refractivity contribution in [2.45, 2.75) is 30.3 Å². The van der Waals surface area contributed by atoms with E-state index in [0.29, 0.717) is 12.2 Å². The van der Waals surface area contributed by atoms with Gasteiger partial charge in [0.05, 0.1) is 13.2 Å². The molecule has 1 atom stereocenters. The van der Waals surface area contributed by atoms with Crippen LogP contribution in [0.4, 0.5) is 5.69 Å². The molecule has 166 valence electrons. The first-order valence-electron chi connectivity index (χ1n) is 9.80. The molecule has 0 aliphatic carbocycles. The van der Waals surface area contributed by atoms with Gasteiger partial charge in [0.1, 0.15) is 10.6 Å². The maximum absolute atomic E-state index is 12.7. The van der Waals surface area contributed by atoms with E-state index in [1.54, 1.807) is 6.07 Å². The smallest absolute Gasteiger partial charge is 0.255 e. The highest BCUT2D eigenvalue weighted by Gasteiger charge is 2.28. The first-order chi connectivity index (χ1) is 14.7. The van der Waals surface area contributed by atoms with Crippen LogP contribution in [0.3, 0.4) is 0 Å². The molecular weight excluding hydrogens is 420 g/mol. The molecule has 0 radical (unpaired) electrons. The van der Waals surface area contributed by atoms with E-state index in [0.717, 1.165) is 24.9 Å². The Hall–Kier alpha value is -2.95. The minimum atomic E-state index is -3.80. The second kappa shape index (κ2) is 9.46. The monoisotopic (exact) mass is 446 g/mol. The molecule has 1 saturated heterocycles. The summed E-state index contributed by atoms with van der Waals surface area (Å²) in [4.78, 5) is 26.3. The summed E-state index contributed by atoms with van der Waals surface area (Å²) in [6, 6.07) is 11.2. The zero-order valence-corrected chi connectivity index (χ0v) is 18.2. The number of nitrogens with zero attached hydrogens (tertiary/aromatic N) is 1. The van der Waals surface area contributed by atoms with Crippen LogP contribution in [0.1, 0.15) is 28.8 Å². The van der Waals surface area contributed by atoms with Gasteiger partial charge >= 0.3 is 0 Å². The number of methoxy groups -OCH3 is 1. The van der Waals surface area contributed by atoms with E-state index in [1.165, 1.54) is 32.4 Å². The molecule has 1 aliphatic heterocycles. The Morgan fingerprint density at radius 3 is 2.68 bits per heavy atom. The molecule has 0 spiro atoms. The number of likely N-dealkylation sites (tertiary alicyclic amines) is 1. The third-order valence-electron chi connectivity index (χ3n) is 5.25. The topological polar surface area (TPSA) is 131 Å². The molecule has 1 aliphatic rings. The van der Waals surface area contributed by atoms with Crippen LogP contribution in [0.2, 0.25) is 0 Å². The van der Waals surface area contributed by atoms with Crippen molar-refractivity contribution in [3.05, 3.63) is 53.6 Å². The lowest BCUT2D eigenvalue weighted by molar-refractivity contribution is -0.122. The van der Waals surface area contributed by atoms with Crippen molar-refractivity contribution >= 4 is 27.5 Å². The van der Waals surface area contributed by atoms with Gasteiger partial charge in [0, 0.05) is 17.8 Å². The SMILES string of the molecule is CNS(=O)(=O)c1cc(C(=O)Nc2cccc(CN3CCCC3C(N)=O)c2)ccc1OC. The molecule has 2 aromatic rings. The van der Waals surface area contributed by atoms with Crippen LogP contribution in [0.15, 0.2) is 47.4 Å². The number of ether oxygens (including phenoxy) is 1. The van der Waals surface area contributed by atoms with Gasteiger partial charge in [-0.05, 0) is 62.3 Å². The van der Waals surface area contributed by atoms with E-state index < -0.39 is 15.9 Å². The maximum Gasteiger partial charge on any atom is 0.255 e. The quantitative estimate of drug-likeness (QED) is 0.560. The summed E-state index contributed by atoms with van der Waals surface area (Å²) in [5.74, 6) is -0.639. The lowest BCUT2D eigenvalue weighted by Crippen LogP contribution is -2.39. The first kappa shape index (κ1) is 22.7. The molecule has 3 rings (SSSR count). The molecule has 0 aromatic heterocycles. The van der Waals surface area contributed by atoms with E-state index >= 15 is 0 Å². The van der Waals surface area contributed by atoms with Gasteiger partial charge in [0.2, 0.25) is 15.9 Å². The number of hydrogen-bond donors (Lipinski definition) is 3. The number of sulfonamides is 1. The number of nitrogens with two attached hydrogens (primary N) is 1. The Kier molecular flexibility index (Phi) is 6.94. The third-order valence-corrected chi connectivity index (χ3v) is 6.68. The highest BCUT2D eigenvalue weighted by atomic mass is 32.2. The van der Waals surface area contributed by atoms with Crippen molar-refractivity contribution < 1.29 is 22.7 Å². The van der Waals surface area contributed by atoms with Crippen molar-refractivity contribution in [1.29, 1.82) is 0 Å². The van der Waals surface area contributed by atoms with Gasteiger partial charge in [-0.25, -0.2) is 13.1 Å². The summed E-state index contributed by atoms with van der Waals surface area (Å²) in [5, 5.41) is 2.79.